The number of fused-ring (bicyclic) bond motifs is 1. The first kappa shape index (κ1) is 12.4. The molecule has 1 aromatic rings. The van der Waals surface area contributed by atoms with Crippen molar-refractivity contribution in [3.63, 3.8) is 0 Å². The largest absolute Gasteiger partial charge is 0.304 e. The maximum Gasteiger partial charge on any atom is 0.299 e. The quantitative estimate of drug-likeness (QED) is 0.805. The Morgan fingerprint density at radius 2 is 2.11 bits per heavy atom. The van der Waals surface area contributed by atoms with Crippen molar-refractivity contribution in [3.05, 3.63) is 28.2 Å². The van der Waals surface area contributed by atoms with Crippen LogP contribution in [0.4, 0.5) is 5.69 Å². The topological polar surface area (TPSA) is 61.2 Å². The van der Waals surface area contributed by atoms with Gasteiger partial charge < -0.3 is 4.90 Å². The SMILES string of the molecule is N#CCC1(CN2C(=O)C(=O)c3c(Br)cccc32)CC1. The highest BCUT2D eigenvalue weighted by Crippen LogP contribution is 2.50. The van der Waals surface area contributed by atoms with Crippen molar-refractivity contribution in [1.82, 2.24) is 0 Å². The highest BCUT2D eigenvalue weighted by atomic mass is 79.9. The van der Waals surface area contributed by atoms with Gasteiger partial charge in [0, 0.05) is 22.9 Å². The molecule has 0 unspecified atom stereocenters. The van der Waals surface area contributed by atoms with Crippen LogP contribution in [0.15, 0.2) is 22.7 Å². The van der Waals surface area contributed by atoms with E-state index in [1.165, 1.54) is 4.90 Å². The zero-order chi connectivity index (χ0) is 13.6. The second-order valence-corrected chi connectivity index (χ2v) is 6.04. The number of nitrogens with zero attached hydrogens (tertiary/aromatic N) is 2. The molecular formula is C14H11BrN2O2. The molecule has 1 saturated carbocycles. The molecular weight excluding hydrogens is 308 g/mol. The minimum absolute atomic E-state index is 0.103. The molecule has 2 aliphatic rings. The van der Waals surface area contributed by atoms with Gasteiger partial charge in [-0.3, -0.25) is 9.59 Å². The van der Waals surface area contributed by atoms with Crippen molar-refractivity contribution in [2.75, 3.05) is 11.4 Å². The second-order valence-electron chi connectivity index (χ2n) is 5.19. The number of ketones is 1. The molecule has 1 amide bonds. The van der Waals surface area contributed by atoms with E-state index in [-0.39, 0.29) is 5.41 Å². The predicted octanol–water partition coefficient (Wildman–Crippen LogP) is 2.67. The fourth-order valence-electron chi connectivity index (χ4n) is 2.53. The number of carbonyl (C=O) groups excluding carboxylic acids is 2. The summed E-state index contributed by atoms with van der Waals surface area (Å²) in [7, 11) is 0. The number of nitriles is 1. The Morgan fingerprint density at radius 1 is 1.37 bits per heavy atom. The molecule has 0 bridgehead atoms. The summed E-state index contributed by atoms with van der Waals surface area (Å²) in [6.07, 6.45) is 2.33. The maximum absolute atomic E-state index is 12.1. The first-order valence-corrected chi connectivity index (χ1v) is 6.89. The highest BCUT2D eigenvalue weighted by Gasteiger charge is 2.48. The molecule has 1 aliphatic carbocycles. The van der Waals surface area contributed by atoms with Gasteiger partial charge >= 0.3 is 0 Å². The van der Waals surface area contributed by atoms with Crippen molar-refractivity contribution in [1.29, 1.82) is 5.26 Å². The van der Waals surface area contributed by atoms with Gasteiger partial charge in [-0.05, 0) is 40.9 Å². The van der Waals surface area contributed by atoms with Gasteiger partial charge in [0.1, 0.15) is 0 Å². The standard InChI is InChI=1S/C14H11BrN2O2/c15-9-2-1-3-10-11(9)12(18)13(19)17(10)8-14(4-5-14)6-7-16/h1-3H,4-6,8H2. The normalized spacial score (nSPS) is 19.3. The van der Waals surface area contributed by atoms with Crippen LogP contribution in [0.2, 0.25) is 0 Å². The molecule has 0 radical (unpaired) electrons. The van der Waals surface area contributed by atoms with Crippen molar-refractivity contribution in [2.45, 2.75) is 19.3 Å². The third kappa shape index (κ3) is 1.87. The lowest BCUT2D eigenvalue weighted by molar-refractivity contribution is -0.114. The van der Waals surface area contributed by atoms with Crippen LogP contribution < -0.4 is 4.90 Å². The Labute approximate surface area is 119 Å². The molecule has 0 aromatic heterocycles. The van der Waals surface area contributed by atoms with E-state index in [1.807, 2.05) is 6.07 Å². The lowest BCUT2D eigenvalue weighted by Gasteiger charge is -2.21. The van der Waals surface area contributed by atoms with E-state index in [2.05, 4.69) is 22.0 Å². The molecule has 1 fully saturated rings. The number of rotatable bonds is 3. The minimum atomic E-state index is -0.480. The first-order valence-electron chi connectivity index (χ1n) is 6.10. The Morgan fingerprint density at radius 3 is 2.74 bits per heavy atom. The monoisotopic (exact) mass is 318 g/mol. The predicted molar refractivity (Wildman–Crippen MR) is 72.7 cm³/mol. The number of hydrogen-bond acceptors (Lipinski definition) is 3. The second kappa shape index (κ2) is 4.17. The van der Waals surface area contributed by atoms with Gasteiger partial charge in [0.15, 0.2) is 0 Å². The number of hydrogen-bond donors (Lipinski definition) is 0. The Kier molecular flexibility index (Phi) is 2.72. The third-order valence-corrected chi connectivity index (χ3v) is 4.51. The molecule has 0 spiro atoms. The Bertz CT molecular complexity index is 629. The molecule has 19 heavy (non-hydrogen) atoms. The van der Waals surface area contributed by atoms with E-state index in [0.29, 0.717) is 28.7 Å². The van der Waals surface area contributed by atoms with Gasteiger partial charge in [-0.1, -0.05) is 6.07 Å². The average molecular weight is 319 g/mol. The van der Waals surface area contributed by atoms with Crippen molar-refractivity contribution in [3.8, 4) is 6.07 Å². The van der Waals surface area contributed by atoms with Crippen LogP contribution in [0.5, 0.6) is 0 Å². The summed E-state index contributed by atoms with van der Waals surface area (Å²) in [5.41, 5.74) is 1.00. The van der Waals surface area contributed by atoms with Crippen LogP contribution >= 0.6 is 15.9 Å². The summed E-state index contributed by atoms with van der Waals surface area (Å²) in [6.45, 7) is 0.467. The number of amides is 1. The number of benzene rings is 1. The molecule has 5 heteroatoms. The summed E-state index contributed by atoms with van der Waals surface area (Å²) in [5.74, 6) is -0.943. The summed E-state index contributed by atoms with van der Waals surface area (Å²) in [6, 6.07) is 7.53. The van der Waals surface area contributed by atoms with Gasteiger partial charge in [-0.2, -0.15) is 5.26 Å². The van der Waals surface area contributed by atoms with Crippen molar-refractivity contribution in [2.24, 2.45) is 5.41 Å². The zero-order valence-corrected chi connectivity index (χ0v) is 11.7. The van der Waals surface area contributed by atoms with Gasteiger partial charge in [-0.25, -0.2) is 0 Å². The number of carbonyl (C=O) groups is 2. The van der Waals surface area contributed by atoms with Crippen LogP contribution in [0, 0.1) is 16.7 Å². The summed E-state index contributed by atoms with van der Waals surface area (Å²) < 4.78 is 0.649. The minimum Gasteiger partial charge on any atom is -0.304 e. The maximum atomic E-state index is 12.1. The van der Waals surface area contributed by atoms with Crippen LogP contribution in [0.1, 0.15) is 29.6 Å². The van der Waals surface area contributed by atoms with Gasteiger partial charge in [0.05, 0.1) is 17.3 Å². The van der Waals surface area contributed by atoms with Crippen molar-refractivity contribution >= 4 is 33.3 Å². The Balaban J connectivity index is 1.97. The molecule has 1 aliphatic heterocycles. The molecule has 96 valence electrons. The van der Waals surface area contributed by atoms with E-state index in [9.17, 15) is 9.59 Å². The van der Waals surface area contributed by atoms with E-state index >= 15 is 0 Å². The smallest absolute Gasteiger partial charge is 0.299 e. The average Bonchev–Trinajstić information content (AvgIpc) is 3.09. The molecule has 1 aromatic carbocycles. The number of halogens is 1. The van der Waals surface area contributed by atoms with Crippen molar-refractivity contribution < 1.29 is 9.59 Å². The van der Waals surface area contributed by atoms with Crippen LogP contribution in [0.3, 0.4) is 0 Å². The molecule has 4 nitrogen and oxygen atoms in total. The third-order valence-electron chi connectivity index (χ3n) is 3.85. The van der Waals surface area contributed by atoms with E-state index in [1.54, 1.807) is 12.1 Å². The zero-order valence-electron chi connectivity index (χ0n) is 10.1. The van der Waals surface area contributed by atoms with Crippen LogP contribution in [-0.4, -0.2) is 18.2 Å². The molecule has 1 heterocycles. The highest BCUT2D eigenvalue weighted by molar-refractivity contribution is 9.10. The lowest BCUT2D eigenvalue weighted by atomic mass is 10.0. The summed E-state index contributed by atoms with van der Waals surface area (Å²) >= 11 is 3.32. The van der Waals surface area contributed by atoms with Gasteiger partial charge in [0.2, 0.25) is 0 Å². The molecule has 0 N–H and O–H groups in total. The van der Waals surface area contributed by atoms with Crippen LogP contribution in [0.25, 0.3) is 0 Å². The van der Waals surface area contributed by atoms with E-state index < -0.39 is 11.7 Å². The first-order chi connectivity index (χ1) is 9.08. The van der Waals surface area contributed by atoms with E-state index in [0.717, 1.165) is 12.8 Å². The molecule has 0 atom stereocenters. The Hall–Kier alpha value is -1.67. The summed E-state index contributed by atoms with van der Waals surface area (Å²) in [4.78, 5) is 25.6. The van der Waals surface area contributed by atoms with E-state index in [4.69, 9.17) is 5.26 Å². The number of Topliss-reactive ketones (excluding diaryl/α,β-unsaturated/α-hetero) is 1. The van der Waals surface area contributed by atoms with Crippen LogP contribution in [-0.2, 0) is 4.79 Å². The fraction of sp³-hybridized carbons (Fsp3) is 0.357. The van der Waals surface area contributed by atoms with Gasteiger partial charge in [-0.15, -0.1) is 0 Å². The molecule has 0 saturated heterocycles. The molecule has 3 rings (SSSR count). The lowest BCUT2D eigenvalue weighted by Crippen LogP contribution is -2.35. The number of anilines is 1. The van der Waals surface area contributed by atoms with Gasteiger partial charge in [0.25, 0.3) is 11.7 Å². The fourth-order valence-corrected chi connectivity index (χ4v) is 3.06. The summed E-state index contributed by atoms with van der Waals surface area (Å²) in [5, 5.41) is 8.85.